The molecular formula is C25H34F6IN5O7. The number of ether oxygens (including phenoxy) is 1. The zero-order valence-electron chi connectivity index (χ0n) is 24.0. The highest BCUT2D eigenvalue weighted by Crippen LogP contribution is 2.41. The van der Waals surface area contributed by atoms with Gasteiger partial charge in [-0.25, -0.2) is 15.0 Å². The highest BCUT2D eigenvalue weighted by atomic mass is 127. The van der Waals surface area contributed by atoms with Gasteiger partial charge < -0.3 is 30.9 Å². The Balaban J connectivity index is 2.77. The molecule has 12 nitrogen and oxygen atoms in total. The standard InChI is InChI=1S/C25H34F6IN5O7/c1-22(2,24(26,27)28)16(35-20(41)42)18(39)33-11-15(38)12-34-37-19(40)17(23(3,4)25(29,30)31)36-21(43)44-10-9-13-5-7-14(32)8-6-13/h5-8,15-17,34-35,38H,9-12H2,1-4H3,(H,33,39)(H,36,43)(H,37,40)(H,41,42)/t15-,16+,17+/m0/s1. The van der Waals surface area contributed by atoms with E-state index in [1.165, 1.54) is 5.32 Å². The topological polar surface area (TPSA) is 178 Å². The lowest BCUT2D eigenvalue weighted by atomic mass is 9.83. The van der Waals surface area contributed by atoms with Gasteiger partial charge in [-0.05, 0) is 68.0 Å². The zero-order chi connectivity index (χ0) is 34.1. The third-order valence-electron chi connectivity index (χ3n) is 6.56. The minimum Gasteiger partial charge on any atom is -0.465 e. The lowest BCUT2D eigenvalue weighted by Gasteiger charge is -2.35. The average Bonchev–Trinajstić information content (AvgIpc) is 2.88. The minimum atomic E-state index is -5.00. The summed E-state index contributed by atoms with van der Waals surface area (Å²) >= 11 is 2.09. The first-order valence-corrected chi connectivity index (χ1v) is 13.9. The number of alkyl halides is 6. The molecule has 1 rings (SSSR count). The van der Waals surface area contributed by atoms with Crippen molar-refractivity contribution >= 4 is 46.6 Å². The number of carboxylic acid groups (broad SMARTS) is 1. The quantitative estimate of drug-likeness (QED) is 0.0861. The predicted octanol–water partition coefficient (Wildman–Crippen LogP) is 2.84. The number of amides is 4. The Hall–Kier alpha value is -3.07. The van der Waals surface area contributed by atoms with Crippen LogP contribution in [0.25, 0.3) is 0 Å². The van der Waals surface area contributed by atoms with Crippen LogP contribution < -0.4 is 26.8 Å². The molecule has 1 aromatic rings. The van der Waals surface area contributed by atoms with E-state index in [0.717, 1.165) is 9.13 Å². The molecule has 1 aromatic carbocycles. The molecule has 0 bridgehead atoms. The molecule has 19 heteroatoms. The minimum absolute atomic E-state index is 0.202. The molecule has 0 spiro atoms. The maximum Gasteiger partial charge on any atom is 0.407 e. The number of nitrogens with one attached hydrogen (secondary N) is 5. The van der Waals surface area contributed by atoms with Crippen LogP contribution in [0.2, 0.25) is 0 Å². The summed E-state index contributed by atoms with van der Waals surface area (Å²) in [4.78, 5) is 48.2. The van der Waals surface area contributed by atoms with E-state index in [2.05, 4.69) is 28.0 Å². The van der Waals surface area contributed by atoms with E-state index in [1.807, 2.05) is 28.2 Å². The van der Waals surface area contributed by atoms with Crippen molar-refractivity contribution in [3.05, 3.63) is 33.4 Å². The number of aliphatic hydroxyl groups excluding tert-OH is 1. The van der Waals surface area contributed by atoms with Gasteiger partial charge >= 0.3 is 24.5 Å². The molecule has 0 aliphatic heterocycles. The molecule has 0 heterocycles. The Morgan fingerprint density at radius 3 is 1.82 bits per heavy atom. The van der Waals surface area contributed by atoms with E-state index in [0.29, 0.717) is 27.7 Å². The zero-order valence-corrected chi connectivity index (χ0v) is 26.1. The van der Waals surface area contributed by atoms with Crippen LogP contribution in [0, 0.1) is 14.4 Å². The number of carbonyl (C=O) groups excluding carboxylic acids is 3. The number of hydrogen-bond donors (Lipinski definition) is 7. The normalized spacial score (nSPS) is 14.5. The van der Waals surface area contributed by atoms with E-state index in [9.17, 15) is 50.6 Å². The van der Waals surface area contributed by atoms with Crippen LogP contribution in [0.3, 0.4) is 0 Å². The first-order valence-electron chi connectivity index (χ1n) is 12.8. The predicted molar refractivity (Wildman–Crippen MR) is 151 cm³/mol. The molecule has 0 saturated heterocycles. The van der Waals surface area contributed by atoms with Crippen molar-refractivity contribution < 1.29 is 60.5 Å². The van der Waals surface area contributed by atoms with Gasteiger partial charge in [0.2, 0.25) is 5.91 Å². The lowest BCUT2D eigenvalue weighted by Crippen LogP contribution is -2.62. The van der Waals surface area contributed by atoms with Crippen LogP contribution in [-0.2, 0) is 20.7 Å². The Bertz CT molecular complexity index is 1150. The molecule has 0 fully saturated rings. The molecule has 44 heavy (non-hydrogen) atoms. The highest BCUT2D eigenvalue weighted by Gasteiger charge is 2.56. The van der Waals surface area contributed by atoms with Gasteiger partial charge in [-0.2, -0.15) is 26.3 Å². The molecule has 0 radical (unpaired) electrons. The molecule has 0 aliphatic carbocycles. The van der Waals surface area contributed by atoms with Gasteiger partial charge in [0.15, 0.2) is 0 Å². The second-order valence-corrected chi connectivity index (χ2v) is 11.9. The second kappa shape index (κ2) is 15.8. The maximum absolute atomic E-state index is 13.7. The third-order valence-corrected chi connectivity index (χ3v) is 7.28. The highest BCUT2D eigenvalue weighted by molar-refractivity contribution is 14.1. The summed E-state index contributed by atoms with van der Waals surface area (Å²) in [5.41, 5.74) is -0.848. The third kappa shape index (κ3) is 11.5. The number of benzene rings is 1. The fourth-order valence-corrected chi connectivity index (χ4v) is 3.75. The van der Waals surface area contributed by atoms with Crippen molar-refractivity contribution in [1.29, 1.82) is 0 Å². The largest absolute Gasteiger partial charge is 0.465 e. The van der Waals surface area contributed by atoms with Crippen molar-refractivity contribution in [2.75, 3.05) is 19.7 Å². The van der Waals surface area contributed by atoms with Crippen molar-refractivity contribution in [2.24, 2.45) is 10.8 Å². The first-order chi connectivity index (χ1) is 20.0. The van der Waals surface area contributed by atoms with E-state index in [1.54, 1.807) is 12.1 Å². The summed E-state index contributed by atoms with van der Waals surface area (Å²) in [6.07, 6.45) is -14.6. The van der Waals surface area contributed by atoms with Gasteiger partial charge in [-0.3, -0.25) is 15.0 Å². The van der Waals surface area contributed by atoms with Gasteiger partial charge in [-0.1, -0.05) is 12.1 Å². The Morgan fingerprint density at radius 2 is 1.34 bits per heavy atom. The summed E-state index contributed by atoms with van der Waals surface area (Å²) in [5, 5.41) is 24.2. The van der Waals surface area contributed by atoms with Crippen LogP contribution in [-0.4, -0.2) is 84.5 Å². The Morgan fingerprint density at radius 1 is 0.841 bits per heavy atom. The van der Waals surface area contributed by atoms with E-state index in [4.69, 9.17) is 9.84 Å². The molecule has 0 unspecified atom stereocenters. The van der Waals surface area contributed by atoms with Crippen LogP contribution in [0.1, 0.15) is 33.3 Å². The van der Waals surface area contributed by atoms with Gasteiger partial charge in [0.25, 0.3) is 5.91 Å². The number of rotatable bonds is 14. The smallest absolute Gasteiger partial charge is 0.407 e. The summed E-state index contributed by atoms with van der Waals surface area (Å²) in [7, 11) is 0. The van der Waals surface area contributed by atoms with Crippen molar-refractivity contribution in [3.8, 4) is 0 Å². The van der Waals surface area contributed by atoms with E-state index in [-0.39, 0.29) is 13.0 Å². The molecule has 0 saturated carbocycles. The number of carbonyl (C=O) groups is 4. The van der Waals surface area contributed by atoms with Crippen molar-refractivity contribution in [1.82, 2.24) is 26.8 Å². The van der Waals surface area contributed by atoms with Gasteiger partial charge in [-0.15, -0.1) is 0 Å². The van der Waals surface area contributed by atoms with Crippen molar-refractivity contribution in [3.63, 3.8) is 0 Å². The number of hydrogen-bond acceptors (Lipinski definition) is 7. The second-order valence-electron chi connectivity index (χ2n) is 10.7. The first kappa shape index (κ1) is 39.0. The van der Waals surface area contributed by atoms with E-state index >= 15 is 0 Å². The molecular weight excluding hydrogens is 723 g/mol. The number of hydrazine groups is 1. The fourth-order valence-electron chi connectivity index (χ4n) is 3.39. The summed E-state index contributed by atoms with van der Waals surface area (Å²) in [6.45, 7) is 0.934. The monoisotopic (exact) mass is 757 g/mol. The number of aliphatic hydroxyl groups is 1. The molecule has 250 valence electrons. The molecule has 4 amide bonds. The lowest BCUT2D eigenvalue weighted by molar-refractivity contribution is -0.221. The number of alkyl carbamates (subject to hydrolysis) is 1. The molecule has 0 aromatic heterocycles. The van der Waals surface area contributed by atoms with Gasteiger partial charge in [0.05, 0.1) is 23.5 Å². The van der Waals surface area contributed by atoms with Crippen LogP contribution in [0.5, 0.6) is 0 Å². The Labute approximate surface area is 262 Å². The van der Waals surface area contributed by atoms with Crippen LogP contribution in [0.4, 0.5) is 35.9 Å². The molecule has 0 aliphatic rings. The molecule has 3 atom stereocenters. The van der Waals surface area contributed by atoms with Crippen LogP contribution >= 0.6 is 22.6 Å². The maximum atomic E-state index is 13.7. The van der Waals surface area contributed by atoms with Gasteiger partial charge in [0, 0.05) is 23.1 Å². The van der Waals surface area contributed by atoms with Gasteiger partial charge in [0.1, 0.15) is 12.1 Å². The fraction of sp³-hybridized carbons (Fsp3) is 0.600. The van der Waals surface area contributed by atoms with E-state index < -0.39 is 78.5 Å². The SMILES string of the molecule is CC(C)([C@H](NC(=O)O)C(=O)NC[C@H](O)CNNC(=O)[C@@H](NC(=O)OCCc1ccc(I)cc1)C(C)(C)C(F)(F)F)C(F)(F)F. The Kier molecular flexibility index (Phi) is 14.0. The summed E-state index contributed by atoms with van der Waals surface area (Å²) in [5.74, 6) is -2.80. The summed E-state index contributed by atoms with van der Waals surface area (Å²) in [6, 6.07) is 2.64. The molecule has 7 N–H and O–H groups in total. The number of halogens is 7. The average molecular weight is 757 g/mol. The summed E-state index contributed by atoms with van der Waals surface area (Å²) < 4.78 is 87.2. The van der Waals surface area contributed by atoms with Crippen molar-refractivity contribution in [2.45, 2.75) is 64.7 Å². The van der Waals surface area contributed by atoms with Crippen LogP contribution in [0.15, 0.2) is 24.3 Å².